The molecule has 0 amide bonds. The Morgan fingerprint density at radius 1 is 1.11 bits per heavy atom. The van der Waals surface area contributed by atoms with Crippen molar-refractivity contribution in [3.05, 3.63) is 84.0 Å². The van der Waals surface area contributed by atoms with Gasteiger partial charge in [-0.25, -0.2) is 9.55 Å². The normalized spacial score (nSPS) is 21.4. The smallest absolute Gasteiger partial charge is 0.390 e. The van der Waals surface area contributed by atoms with Crippen LogP contribution in [-0.4, -0.2) is 36.7 Å². The van der Waals surface area contributed by atoms with Crippen molar-refractivity contribution in [2.75, 3.05) is 6.61 Å². The van der Waals surface area contributed by atoms with E-state index in [0.717, 1.165) is 35.4 Å². The summed E-state index contributed by atoms with van der Waals surface area (Å²) in [5, 5.41) is 9.99. The van der Waals surface area contributed by atoms with E-state index in [1.54, 1.807) is 12.4 Å². The van der Waals surface area contributed by atoms with Crippen molar-refractivity contribution < 1.29 is 24.0 Å². The molecular weight excluding hydrogens is 463 g/mol. The topological polar surface area (TPSA) is 105 Å². The van der Waals surface area contributed by atoms with E-state index in [0.29, 0.717) is 5.92 Å². The summed E-state index contributed by atoms with van der Waals surface area (Å²) in [5.74, 6) is 1.40. The Labute approximate surface area is 206 Å². The minimum atomic E-state index is -4.59. The van der Waals surface area contributed by atoms with Crippen LogP contribution in [0.1, 0.15) is 68.4 Å². The summed E-state index contributed by atoms with van der Waals surface area (Å²) in [4.78, 5) is 22.7. The lowest BCUT2D eigenvalue weighted by Gasteiger charge is -2.41. The summed E-state index contributed by atoms with van der Waals surface area (Å²) >= 11 is 0. The Kier molecular flexibility index (Phi) is 7.46. The maximum absolute atomic E-state index is 11.3. The van der Waals surface area contributed by atoms with Crippen molar-refractivity contribution in [2.45, 2.75) is 57.1 Å². The van der Waals surface area contributed by atoms with E-state index < -0.39 is 19.5 Å². The largest absolute Gasteiger partial charge is 0.469 e. The highest BCUT2D eigenvalue weighted by atomic mass is 31.2. The van der Waals surface area contributed by atoms with E-state index >= 15 is 0 Å². The number of aromatic nitrogens is 2. The Morgan fingerprint density at radius 2 is 1.71 bits per heavy atom. The molecule has 1 aliphatic carbocycles. The van der Waals surface area contributed by atoms with Crippen molar-refractivity contribution in [1.29, 1.82) is 0 Å². The first kappa shape index (κ1) is 25.5. The van der Waals surface area contributed by atoms with Crippen LogP contribution in [0, 0.1) is 0 Å². The number of aliphatic hydroxyl groups is 1. The van der Waals surface area contributed by atoms with E-state index in [2.05, 4.69) is 41.4 Å². The molecule has 1 fully saturated rings. The molecule has 4 rings (SSSR count). The molecule has 7 nitrogen and oxygen atoms in total. The fourth-order valence-corrected chi connectivity index (χ4v) is 5.00. The van der Waals surface area contributed by atoms with Gasteiger partial charge in [-0.05, 0) is 47.9 Å². The Balaban J connectivity index is 1.47. The zero-order valence-corrected chi connectivity index (χ0v) is 21.2. The SMILES string of the molecule is CC(C)c1nccn1[C@@H](/C=C/c1ccc(-c2ccc(C3CC(C)(O)C3)cc2)cc1)COP(=O)(O)O. The molecule has 1 aromatic heterocycles. The third-order valence-corrected chi connectivity index (χ3v) is 6.98. The quantitative estimate of drug-likeness (QED) is 0.330. The molecule has 0 radical (unpaired) electrons. The Morgan fingerprint density at radius 3 is 2.26 bits per heavy atom. The number of hydrogen-bond donors (Lipinski definition) is 3. The number of phosphoric ester groups is 1. The van der Waals surface area contributed by atoms with Crippen LogP contribution in [-0.2, 0) is 9.09 Å². The molecule has 1 atom stereocenters. The molecule has 3 aromatic rings. The third kappa shape index (κ3) is 6.57. The zero-order valence-electron chi connectivity index (χ0n) is 20.3. The van der Waals surface area contributed by atoms with Crippen LogP contribution in [0.25, 0.3) is 17.2 Å². The van der Waals surface area contributed by atoms with E-state index in [-0.39, 0.29) is 12.5 Å². The van der Waals surface area contributed by atoms with Crippen molar-refractivity contribution in [3.8, 4) is 11.1 Å². The molecule has 35 heavy (non-hydrogen) atoms. The molecule has 0 aliphatic heterocycles. The molecular formula is C27H33N2O5P. The van der Waals surface area contributed by atoms with Crippen LogP contribution in [0.15, 0.2) is 67.0 Å². The van der Waals surface area contributed by atoms with Gasteiger partial charge < -0.3 is 19.5 Å². The van der Waals surface area contributed by atoms with Crippen LogP contribution in [0.5, 0.6) is 0 Å². The Hall–Kier alpha value is -2.54. The first-order valence-corrected chi connectivity index (χ1v) is 13.4. The number of hydrogen-bond acceptors (Lipinski definition) is 4. The summed E-state index contributed by atoms with van der Waals surface area (Å²) in [6.07, 6.45) is 8.90. The van der Waals surface area contributed by atoms with Gasteiger partial charge in [0.15, 0.2) is 0 Å². The number of nitrogens with zero attached hydrogens (tertiary/aromatic N) is 2. The van der Waals surface area contributed by atoms with Crippen LogP contribution < -0.4 is 0 Å². The van der Waals surface area contributed by atoms with E-state index in [1.165, 1.54) is 5.56 Å². The lowest BCUT2D eigenvalue weighted by atomic mass is 9.69. The second kappa shape index (κ2) is 10.2. The summed E-state index contributed by atoms with van der Waals surface area (Å²) in [7, 11) is -4.59. The van der Waals surface area contributed by atoms with Crippen molar-refractivity contribution in [2.24, 2.45) is 0 Å². The molecule has 0 unspecified atom stereocenters. The predicted molar refractivity (Wildman–Crippen MR) is 137 cm³/mol. The van der Waals surface area contributed by atoms with Gasteiger partial charge in [0.25, 0.3) is 0 Å². The third-order valence-electron chi connectivity index (χ3n) is 6.50. The van der Waals surface area contributed by atoms with Gasteiger partial charge in [-0.15, -0.1) is 0 Å². The van der Waals surface area contributed by atoms with Gasteiger partial charge in [-0.2, -0.15) is 0 Å². The van der Waals surface area contributed by atoms with Gasteiger partial charge >= 0.3 is 7.82 Å². The molecule has 3 N–H and O–H groups in total. The lowest BCUT2D eigenvalue weighted by molar-refractivity contribution is -0.0313. The summed E-state index contributed by atoms with van der Waals surface area (Å²) in [6.45, 7) is 5.76. The van der Waals surface area contributed by atoms with Gasteiger partial charge in [-0.1, -0.05) is 74.5 Å². The predicted octanol–water partition coefficient (Wildman–Crippen LogP) is 5.67. The highest BCUT2D eigenvalue weighted by molar-refractivity contribution is 7.46. The molecule has 186 valence electrons. The van der Waals surface area contributed by atoms with E-state index in [1.807, 2.05) is 49.6 Å². The highest BCUT2D eigenvalue weighted by Crippen LogP contribution is 2.44. The van der Waals surface area contributed by atoms with Crippen LogP contribution in [0.3, 0.4) is 0 Å². The first-order chi connectivity index (χ1) is 16.5. The average molecular weight is 497 g/mol. The maximum atomic E-state index is 11.3. The van der Waals surface area contributed by atoms with Gasteiger partial charge in [0, 0.05) is 18.3 Å². The summed E-state index contributed by atoms with van der Waals surface area (Å²) in [6, 6.07) is 16.3. The molecule has 1 saturated carbocycles. The van der Waals surface area contributed by atoms with Gasteiger partial charge in [0.05, 0.1) is 18.2 Å². The average Bonchev–Trinajstić information content (AvgIpc) is 3.27. The van der Waals surface area contributed by atoms with E-state index in [4.69, 9.17) is 4.52 Å². The fourth-order valence-electron chi connectivity index (χ4n) is 4.65. The fraction of sp³-hybridized carbons (Fsp3) is 0.370. The van der Waals surface area contributed by atoms with Crippen LogP contribution >= 0.6 is 7.82 Å². The standard InChI is InChI=1S/C27H33N2O5P/c1-19(2)26-28-14-15-29(26)25(18-34-35(31,32)33)13-6-20-4-7-21(8-5-20)22-9-11-23(12-10-22)24-16-27(3,30)17-24/h4-15,19,24-25,30H,16-18H2,1-3H3,(H2,31,32,33)/b13-6+/t24?,25-,27?/m0/s1. The van der Waals surface area contributed by atoms with Gasteiger partial charge in [0.2, 0.25) is 0 Å². The number of phosphoric acid groups is 1. The molecule has 1 heterocycles. The minimum absolute atomic E-state index is 0.152. The van der Waals surface area contributed by atoms with Crippen molar-refractivity contribution >= 4 is 13.9 Å². The van der Waals surface area contributed by atoms with E-state index in [9.17, 15) is 19.5 Å². The molecule has 0 bridgehead atoms. The molecule has 8 heteroatoms. The molecule has 2 aromatic carbocycles. The Bertz CT molecular complexity index is 1200. The molecule has 0 spiro atoms. The lowest BCUT2D eigenvalue weighted by Crippen LogP contribution is -2.39. The van der Waals surface area contributed by atoms with Crippen LogP contribution in [0.4, 0.5) is 0 Å². The second-order valence-electron chi connectivity index (χ2n) is 9.91. The molecule has 0 saturated heterocycles. The van der Waals surface area contributed by atoms with Crippen molar-refractivity contribution in [1.82, 2.24) is 9.55 Å². The number of imidazole rings is 1. The minimum Gasteiger partial charge on any atom is -0.390 e. The maximum Gasteiger partial charge on any atom is 0.469 e. The summed E-state index contributed by atoms with van der Waals surface area (Å²) in [5.41, 5.74) is 3.94. The molecule has 1 aliphatic rings. The van der Waals surface area contributed by atoms with Gasteiger partial charge in [-0.3, -0.25) is 4.52 Å². The van der Waals surface area contributed by atoms with Crippen molar-refractivity contribution in [3.63, 3.8) is 0 Å². The first-order valence-electron chi connectivity index (χ1n) is 11.8. The monoisotopic (exact) mass is 496 g/mol. The van der Waals surface area contributed by atoms with Gasteiger partial charge in [0.1, 0.15) is 5.82 Å². The highest BCUT2D eigenvalue weighted by Gasteiger charge is 2.38. The zero-order chi connectivity index (χ0) is 25.2. The number of rotatable bonds is 9. The summed E-state index contributed by atoms with van der Waals surface area (Å²) < 4.78 is 18.0. The second-order valence-corrected chi connectivity index (χ2v) is 11.1. The van der Waals surface area contributed by atoms with Crippen LogP contribution in [0.2, 0.25) is 0 Å². The number of benzene rings is 2.